The van der Waals surface area contributed by atoms with Crippen LogP contribution in [0.4, 0.5) is 5.82 Å². The van der Waals surface area contributed by atoms with Gasteiger partial charge >= 0.3 is 0 Å². The molecule has 0 bridgehead atoms. The lowest BCUT2D eigenvalue weighted by Gasteiger charge is -2.06. The molecule has 0 spiro atoms. The Kier molecular flexibility index (Phi) is 3.05. The Bertz CT molecular complexity index is 571. The van der Waals surface area contributed by atoms with Crippen molar-refractivity contribution in [3.05, 3.63) is 23.1 Å². The van der Waals surface area contributed by atoms with Gasteiger partial charge in [-0.05, 0) is 42.9 Å². The summed E-state index contributed by atoms with van der Waals surface area (Å²) in [5, 5.41) is 10.3. The van der Waals surface area contributed by atoms with Crippen molar-refractivity contribution >= 4 is 34.5 Å². The van der Waals surface area contributed by atoms with Gasteiger partial charge < -0.3 is 11.1 Å². The first-order chi connectivity index (χ1) is 8.77. The normalized spacial score (nSPS) is 14.7. The highest BCUT2D eigenvalue weighted by atomic mass is 32.1. The molecule has 3 heterocycles. The maximum Gasteiger partial charge on any atom is 0.193 e. The van der Waals surface area contributed by atoms with E-state index < -0.39 is 0 Å². The third-order valence-electron chi connectivity index (χ3n) is 3.09. The number of nitrogens with zero attached hydrogens (tertiary/aromatic N) is 2. The van der Waals surface area contributed by atoms with Crippen LogP contribution >= 0.6 is 23.6 Å². The first-order valence-corrected chi connectivity index (χ1v) is 7.25. The van der Waals surface area contributed by atoms with Crippen LogP contribution in [0.1, 0.15) is 18.4 Å². The second kappa shape index (κ2) is 4.70. The second-order valence-corrected chi connectivity index (χ2v) is 5.65. The van der Waals surface area contributed by atoms with Crippen LogP contribution in [0, 0.1) is 0 Å². The van der Waals surface area contributed by atoms with Gasteiger partial charge in [0.15, 0.2) is 5.11 Å². The summed E-state index contributed by atoms with van der Waals surface area (Å²) in [4.78, 5) is 1.17. The molecule has 6 heteroatoms. The Morgan fingerprint density at radius 1 is 1.50 bits per heavy atom. The first-order valence-electron chi connectivity index (χ1n) is 5.97. The number of thiophene rings is 1. The third-order valence-corrected chi connectivity index (χ3v) is 4.14. The van der Waals surface area contributed by atoms with E-state index in [0.717, 1.165) is 30.9 Å². The molecule has 2 aromatic heterocycles. The molecule has 0 atom stereocenters. The Labute approximate surface area is 115 Å². The van der Waals surface area contributed by atoms with E-state index in [1.807, 2.05) is 6.07 Å². The molecule has 0 saturated heterocycles. The van der Waals surface area contributed by atoms with Gasteiger partial charge in [-0.15, -0.1) is 11.3 Å². The molecule has 0 aromatic carbocycles. The van der Waals surface area contributed by atoms with Crippen molar-refractivity contribution in [2.24, 2.45) is 5.73 Å². The molecule has 0 fully saturated rings. The number of nitrogens with two attached hydrogens (primary N) is 1. The average molecular weight is 278 g/mol. The van der Waals surface area contributed by atoms with Crippen molar-refractivity contribution < 1.29 is 0 Å². The summed E-state index contributed by atoms with van der Waals surface area (Å²) in [6, 6.07) is 4.12. The number of aromatic nitrogens is 2. The van der Waals surface area contributed by atoms with Gasteiger partial charge in [0.25, 0.3) is 0 Å². The first kappa shape index (κ1) is 11.7. The van der Waals surface area contributed by atoms with E-state index in [1.165, 1.54) is 16.9 Å². The molecule has 94 valence electrons. The topological polar surface area (TPSA) is 55.9 Å². The number of nitrogens with one attached hydrogen (secondary N) is 1. The smallest absolute Gasteiger partial charge is 0.193 e. The van der Waals surface area contributed by atoms with Gasteiger partial charge in [0.05, 0.1) is 4.88 Å². The Morgan fingerprint density at radius 2 is 2.39 bits per heavy atom. The van der Waals surface area contributed by atoms with E-state index >= 15 is 0 Å². The molecular formula is C12H14N4S2. The molecular weight excluding hydrogens is 264 g/mol. The second-order valence-electron chi connectivity index (χ2n) is 4.29. The maximum absolute atomic E-state index is 5.75. The van der Waals surface area contributed by atoms with Gasteiger partial charge in [-0.3, -0.25) is 0 Å². The van der Waals surface area contributed by atoms with Crippen LogP contribution in [0.25, 0.3) is 10.6 Å². The zero-order valence-electron chi connectivity index (χ0n) is 9.85. The monoisotopic (exact) mass is 278 g/mol. The summed E-state index contributed by atoms with van der Waals surface area (Å²) >= 11 is 6.77. The van der Waals surface area contributed by atoms with Gasteiger partial charge in [-0.25, -0.2) is 0 Å². The van der Waals surface area contributed by atoms with Crippen molar-refractivity contribution in [3.63, 3.8) is 0 Å². The Balaban J connectivity index is 2.17. The molecule has 3 N–H and O–H groups in total. The van der Waals surface area contributed by atoms with E-state index in [0.29, 0.717) is 5.11 Å². The highest BCUT2D eigenvalue weighted by molar-refractivity contribution is 7.80. The SMILES string of the molecule is NC(=S)n1nc(-c2cccs2)c2c1NCCCC2. The van der Waals surface area contributed by atoms with Crippen molar-refractivity contribution in [2.45, 2.75) is 19.3 Å². The van der Waals surface area contributed by atoms with E-state index in [9.17, 15) is 0 Å². The highest BCUT2D eigenvalue weighted by Crippen LogP contribution is 2.34. The summed E-state index contributed by atoms with van der Waals surface area (Å²) in [7, 11) is 0. The molecule has 1 aliphatic heterocycles. The zero-order valence-corrected chi connectivity index (χ0v) is 11.5. The van der Waals surface area contributed by atoms with Crippen molar-refractivity contribution in [2.75, 3.05) is 11.9 Å². The van der Waals surface area contributed by atoms with Gasteiger partial charge in [-0.1, -0.05) is 6.07 Å². The van der Waals surface area contributed by atoms with Crippen LogP contribution in [0.15, 0.2) is 17.5 Å². The van der Waals surface area contributed by atoms with Crippen molar-refractivity contribution in [3.8, 4) is 10.6 Å². The molecule has 4 nitrogen and oxygen atoms in total. The van der Waals surface area contributed by atoms with Gasteiger partial charge in [0, 0.05) is 12.1 Å². The van der Waals surface area contributed by atoms with Gasteiger partial charge in [0.2, 0.25) is 0 Å². The Morgan fingerprint density at radius 3 is 3.11 bits per heavy atom. The Hall–Kier alpha value is -1.40. The molecule has 1 aliphatic rings. The quantitative estimate of drug-likeness (QED) is 0.787. The molecule has 0 unspecified atom stereocenters. The molecule has 0 radical (unpaired) electrons. The summed E-state index contributed by atoms with van der Waals surface area (Å²) in [5.74, 6) is 0.975. The van der Waals surface area contributed by atoms with E-state index in [2.05, 4.69) is 21.9 Å². The molecule has 0 saturated carbocycles. The fraction of sp³-hybridized carbons (Fsp3) is 0.333. The number of hydrogen-bond donors (Lipinski definition) is 2. The predicted octanol–water partition coefficient (Wildman–Crippen LogP) is 2.45. The van der Waals surface area contributed by atoms with Crippen LogP contribution in [0.3, 0.4) is 0 Å². The standard InChI is InChI=1S/C12H14N4S2/c13-12(17)16-11-8(4-1-2-6-14-11)10(15-16)9-5-3-7-18-9/h3,5,7,14H,1-2,4,6H2,(H2,13,17). The lowest BCUT2D eigenvalue weighted by Crippen LogP contribution is -2.22. The number of rotatable bonds is 1. The average Bonchev–Trinajstić information content (AvgIpc) is 2.91. The largest absolute Gasteiger partial charge is 0.374 e. The summed E-state index contributed by atoms with van der Waals surface area (Å²) in [6.07, 6.45) is 3.36. The zero-order chi connectivity index (χ0) is 12.5. The van der Waals surface area contributed by atoms with Crippen LogP contribution in [0.5, 0.6) is 0 Å². The van der Waals surface area contributed by atoms with E-state index in [1.54, 1.807) is 16.0 Å². The number of hydrogen-bond acceptors (Lipinski definition) is 4. The number of thiocarbonyl (C=S) groups is 1. The minimum Gasteiger partial charge on any atom is -0.374 e. The maximum atomic E-state index is 5.75. The minimum atomic E-state index is 0.295. The van der Waals surface area contributed by atoms with Crippen LogP contribution in [0.2, 0.25) is 0 Å². The summed E-state index contributed by atoms with van der Waals surface area (Å²) < 4.78 is 1.66. The van der Waals surface area contributed by atoms with Crippen LogP contribution in [-0.2, 0) is 6.42 Å². The fourth-order valence-electron chi connectivity index (χ4n) is 2.27. The lowest BCUT2D eigenvalue weighted by molar-refractivity contribution is 0.782. The lowest BCUT2D eigenvalue weighted by atomic mass is 10.1. The minimum absolute atomic E-state index is 0.295. The third kappa shape index (κ3) is 1.91. The molecule has 3 rings (SSSR count). The van der Waals surface area contributed by atoms with E-state index in [-0.39, 0.29) is 0 Å². The van der Waals surface area contributed by atoms with Crippen molar-refractivity contribution in [1.29, 1.82) is 0 Å². The number of fused-ring (bicyclic) bond motifs is 1. The molecule has 2 aromatic rings. The van der Waals surface area contributed by atoms with Crippen molar-refractivity contribution in [1.82, 2.24) is 9.78 Å². The molecule has 0 amide bonds. The summed E-state index contributed by atoms with van der Waals surface area (Å²) in [5.41, 5.74) is 8.01. The van der Waals surface area contributed by atoms with Gasteiger partial charge in [-0.2, -0.15) is 9.78 Å². The predicted molar refractivity (Wildman–Crippen MR) is 79.2 cm³/mol. The van der Waals surface area contributed by atoms with E-state index in [4.69, 9.17) is 18.0 Å². The van der Waals surface area contributed by atoms with Crippen LogP contribution < -0.4 is 11.1 Å². The summed E-state index contributed by atoms with van der Waals surface area (Å²) in [6.45, 7) is 0.950. The molecule has 18 heavy (non-hydrogen) atoms. The molecule has 0 aliphatic carbocycles. The van der Waals surface area contributed by atoms with Gasteiger partial charge in [0.1, 0.15) is 11.5 Å². The van der Waals surface area contributed by atoms with Crippen LogP contribution in [-0.4, -0.2) is 21.4 Å². The fourth-order valence-corrected chi connectivity index (χ4v) is 3.14. The number of anilines is 1. The highest BCUT2D eigenvalue weighted by Gasteiger charge is 2.22.